The molecule has 0 saturated carbocycles. The van der Waals surface area contributed by atoms with Gasteiger partial charge in [-0.2, -0.15) is 0 Å². The zero-order valence-corrected chi connectivity index (χ0v) is 27.2. The normalized spacial score (nSPS) is 12.7. The van der Waals surface area contributed by atoms with E-state index in [9.17, 15) is 13.6 Å². The lowest BCUT2D eigenvalue weighted by molar-refractivity contribution is 0.0453. The van der Waals surface area contributed by atoms with Crippen LogP contribution in [0, 0.1) is 18.6 Å². The van der Waals surface area contributed by atoms with Gasteiger partial charge >= 0.3 is 6.09 Å². The van der Waals surface area contributed by atoms with Gasteiger partial charge in [-0.1, -0.05) is 67.8 Å². The maximum absolute atomic E-state index is 14.5. The second-order valence-corrected chi connectivity index (χ2v) is 18.5. The zero-order valence-electron chi connectivity index (χ0n) is 25.4. The molecule has 1 atom stereocenters. The minimum Gasteiger partial charge on any atom is -0.433 e. The van der Waals surface area contributed by atoms with Crippen LogP contribution in [0.4, 0.5) is 13.6 Å². The molecule has 3 rings (SSSR count). The van der Waals surface area contributed by atoms with Crippen LogP contribution in [-0.4, -0.2) is 47.3 Å². The molecule has 3 aromatic rings. The minimum atomic E-state index is -1.32. The molecule has 0 aliphatic carbocycles. The van der Waals surface area contributed by atoms with Crippen molar-refractivity contribution in [1.29, 1.82) is 0 Å². The van der Waals surface area contributed by atoms with Crippen LogP contribution in [0.15, 0.2) is 53.6 Å². The molecule has 0 aliphatic rings. The molecule has 1 amide bonds. The largest absolute Gasteiger partial charge is 0.433 e. The van der Waals surface area contributed by atoms with E-state index in [1.807, 2.05) is 57.4 Å². The summed E-state index contributed by atoms with van der Waals surface area (Å²) in [6, 6.07) is 14.3. The lowest BCUT2D eigenvalue weighted by Gasteiger charge is -2.31. The average Bonchev–Trinajstić information content (AvgIpc) is 3.20. The quantitative estimate of drug-likeness (QED) is 0.112. The van der Waals surface area contributed by atoms with E-state index in [2.05, 4.69) is 31.8 Å². The molecule has 1 aromatic heterocycles. The number of amides is 1. The minimum absolute atomic E-state index is 0.128. The van der Waals surface area contributed by atoms with Gasteiger partial charge in [-0.15, -0.1) is 0 Å². The van der Waals surface area contributed by atoms with Crippen molar-refractivity contribution in [3.8, 4) is 0 Å². The van der Waals surface area contributed by atoms with Crippen LogP contribution in [-0.2, 0) is 22.0 Å². The first-order chi connectivity index (χ1) is 19.3. The summed E-state index contributed by atoms with van der Waals surface area (Å²) in [5.74, 6) is -0.900. The third kappa shape index (κ3) is 9.15. The molecule has 224 valence electrons. The van der Waals surface area contributed by atoms with Gasteiger partial charge in [0.25, 0.3) is 0 Å². The summed E-state index contributed by atoms with van der Waals surface area (Å²) < 4.78 is 42.5. The van der Waals surface area contributed by atoms with Gasteiger partial charge in [0.05, 0.1) is 5.69 Å². The molecule has 0 saturated heterocycles. The number of hydrogen-bond donors (Lipinski definition) is 0. The highest BCUT2D eigenvalue weighted by molar-refractivity contribution is 7.98. The number of hydrogen-bond acceptors (Lipinski definition) is 5. The molecule has 2 aromatic carbocycles. The average molecular weight is 604 g/mol. The predicted molar refractivity (Wildman–Crippen MR) is 164 cm³/mol. The second-order valence-electron chi connectivity index (χ2n) is 11.9. The van der Waals surface area contributed by atoms with E-state index in [-0.39, 0.29) is 24.4 Å². The SMILES string of the molecule is Cc1c(SCc2ccccc2)nc(C(OC(=O)N(C(C)C)C(C)C)c2ccc(F)c(F)c2)n1COCC[Si](C)(C)C. The number of rotatable bonds is 13. The van der Waals surface area contributed by atoms with Crippen molar-refractivity contribution in [3.63, 3.8) is 0 Å². The topological polar surface area (TPSA) is 56.6 Å². The third-order valence-corrected chi connectivity index (χ3v) is 9.51. The van der Waals surface area contributed by atoms with Crippen LogP contribution in [0.2, 0.25) is 25.7 Å². The van der Waals surface area contributed by atoms with Crippen LogP contribution in [0.3, 0.4) is 0 Å². The van der Waals surface area contributed by atoms with Crippen molar-refractivity contribution in [2.45, 2.75) is 96.0 Å². The number of benzene rings is 2. The number of carbonyl (C=O) groups is 1. The Morgan fingerprint density at radius 1 is 1.02 bits per heavy atom. The first kappa shape index (κ1) is 32.8. The smallest absolute Gasteiger partial charge is 0.411 e. The molecule has 0 fully saturated rings. The molecule has 41 heavy (non-hydrogen) atoms. The lowest BCUT2D eigenvalue weighted by atomic mass is 10.1. The summed E-state index contributed by atoms with van der Waals surface area (Å²) in [4.78, 5) is 20.0. The standard InChI is InChI=1S/C31H43F2N3O3SSi/c1-21(2)36(22(3)4)31(37)39-28(25-14-15-26(32)27(33)18-25)29-34-30(40-19-24-12-10-9-11-13-24)23(5)35(29)20-38-16-17-41(6,7)8/h9-15,18,21-22,28H,16-17,19-20H2,1-8H3. The Morgan fingerprint density at radius 2 is 1.68 bits per heavy atom. The summed E-state index contributed by atoms with van der Waals surface area (Å²) in [5, 5.41) is 0.755. The number of imidazole rings is 1. The van der Waals surface area contributed by atoms with Gasteiger partial charge in [-0.3, -0.25) is 0 Å². The van der Waals surface area contributed by atoms with Gasteiger partial charge < -0.3 is 18.9 Å². The van der Waals surface area contributed by atoms with Crippen LogP contribution < -0.4 is 0 Å². The van der Waals surface area contributed by atoms with Gasteiger partial charge in [0.2, 0.25) is 0 Å². The van der Waals surface area contributed by atoms with Crippen LogP contribution in [0.1, 0.15) is 56.4 Å². The molecular weight excluding hydrogens is 561 g/mol. The number of carbonyl (C=O) groups excluding carboxylic acids is 1. The Labute approximate surface area is 248 Å². The first-order valence-corrected chi connectivity index (χ1v) is 18.7. The van der Waals surface area contributed by atoms with Crippen LogP contribution >= 0.6 is 11.8 Å². The number of halogens is 2. The maximum Gasteiger partial charge on any atom is 0.411 e. The number of aromatic nitrogens is 2. The Bertz CT molecular complexity index is 1290. The van der Waals surface area contributed by atoms with E-state index < -0.39 is 31.9 Å². The molecule has 0 spiro atoms. The van der Waals surface area contributed by atoms with Gasteiger partial charge in [0.1, 0.15) is 11.8 Å². The van der Waals surface area contributed by atoms with Gasteiger partial charge in [-0.25, -0.2) is 18.6 Å². The molecule has 6 nitrogen and oxygen atoms in total. The fraction of sp³-hybridized carbons (Fsp3) is 0.484. The summed E-state index contributed by atoms with van der Waals surface area (Å²) in [6.45, 7) is 17.2. The highest BCUT2D eigenvalue weighted by atomic mass is 32.2. The Hall–Kier alpha value is -2.69. The summed E-state index contributed by atoms with van der Waals surface area (Å²) >= 11 is 1.57. The van der Waals surface area contributed by atoms with Gasteiger partial charge in [0.15, 0.2) is 23.6 Å². The monoisotopic (exact) mass is 603 g/mol. The Morgan fingerprint density at radius 3 is 2.27 bits per heavy atom. The van der Waals surface area contributed by atoms with Crippen molar-refractivity contribution in [1.82, 2.24) is 14.5 Å². The van der Waals surface area contributed by atoms with Crippen LogP contribution in [0.25, 0.3) is 0 Å². The maximum atomic E-state index is 14.5. The first-order valence-electron chi connectivity index (χ1n) is 14.0. The molecule has 0 radical (unpaired) electrons. The van der Waals surface area contributed by atoms with E-state index in [0.717, 1.165) is 34.5 Å². The molecule has 10 heteroatoms. The molecule has 0 aliphatic heterocycles. The van der Waals surface area contributed by atoms with Crippen LogP contribution in [0.5, 0.6) is 0 Å². The fourth-order valence-corrected chi connectivity index (χ4v) is 6.15. The fourth-order valence-electron chi connectivity index (χ4n) is 4.42. The summed E-state index contributed by atoms with van der Waals surface area (Å²) in [7, 11) is -1.32. The zero-order chi connectivity index (χ0) is 30.3. The Balaban J connectivity index is 2.06. The second kappa shape index (κ2) is 14.5. The van der Waals surface area contributed by atoms with E-state index >= 15 is 0 Å². The van der Waals surface area contributed by atoms with E-state index in [1.165, 1.54) is 6.07 Å². The lowest BCUT2D eigenvalue weighted by Crippen LogP contribution is -2.43. The van der Waals surface area contributed by atoms with Crippen molar-refractivity contribution >= 4 is 25.9 Å². The number of ether oxygens (including phenoxy) is 2. The molecule has 0 bridgehead atoms. The number of nitrogens with zero attached hydrogens (tertiary/aromatic N) is 3. The van der Waals surface area contributed by atoms with E-state index in [4.69, 9.17) is 14.5 Å². The predicted octanol–water partition coefficient (Wildman–Crippen LogP) is 8.42. The van der Waals surface area contributed by atoms with Crippen molar-refractivity contribution in [2.24, 2.45) is 0 Å². The summed E-state index contributed by atoms with van der Waals surface area (Å²) in [6.07, 6.45) is -1.64. The highest BCUT2D eigenvalue weighted by Gasteiger charge is 2.31. The van der Waals surface area contributed by atoms with E-state index in [1.54, 1.807) is 16.7 Å². The summed E-state index contributed by atoms with van der Waals surface area (Å²) in [5.41, 5.74) is 2.28. The Kier molecular flexibility index (Phi) is 11.6. The molecule has 1 unspecified atom stereocenters. The molecule has 0 N–H and O–H groups in total. The van der Waals surface area contributed by atoms with Crippen molar-refractivity contribution in [2.75, 3.05) is 6.61 Å². The van der Waals surface area contributed by atoms with Gasteiger partial charge in [-0.05, 0) is 58.4 Å². The van der Waals surface area contributed by atoms with Crippen molar-refractivity contribution < 1.29 is 23.0 Å². The molecular formula is C31H43F2N3O3SSi. The molecule has 1 heterocycles. The van der Waals surface area contributed by atoms with Gasteiger partial charge in [0, 0.05) is 38.1 Å². The van der Waals surface area contributed by atoms with Crippen molar-refractivity contribution in [3.05, 3.63) is 82.8 Å². The number of thioether (sulfide) groups is 1. The highest BCUT2D eigenvalue weighted by Crippen LogP contribution is 2.34. The third-order valence-electron chi connectivity index (χ3n) is 6.67. The van der Waals surface area contributed by atoms with E-state index in [0.29, 0.717) is 18.2 Å².